The first kappa shape index (κ1) is 13.9. The van der Waals surface area contributed by atoms with E-state index in [0.717, 1.165) is 0 Å². The molecule has 0 atom stereocenters. The molecule has 4 nitrogen and oxygen atoms in total. The van der Waals surface area contributed by atoms with Crippen LogP contribution < -0.4 is 5.73 Å². The molecular weight excluding hydrogens is 206 g/mol. The van der Waals surface area contributed by atoms with E-state index >= 15 is 0 Å². The molecule has 0 saturated heterocycles. The van der Waals surface area contributed by atoms with Gasteiger partial charge in [0.2, 0.25) is 5.91 Å². The Kier molecular flexibility index (Phi) is 5.56. The number of carbonyl (C=O) groups is 2. The smallest absolute Gasteiger partial charge is 0.338 e. The average molecular weight is 221 g/mol. The molecule has 0 unspecified atom stereocenters. The van der Waals surface area contributed by atoms with Gasteiger partial charge >= 0.3 is 5.97 Å². The highest BCUT2D eigenvalue weighted by atomic mass is 16.5. The van der Waals surface area contributed by atoms with Crippen LogP contribution in [0.5, 0.6) is 0 Å². The van der Waals surface area contributed by atoms with E-state index < -0.39 is 11.9 Å². The van der Waals surface area contributed by atoms with E-state index in [1.165, 1.54) is 19.3 Å². The van der Waals surface area contributed by atoms with Gasteiger partial charge in [-0.2, -0.15) is 0 Å². The number of rotatable bonds is 3. The fraction of sp³-hybridized carbons (Fsp3) is 0.167. The number of esters is 1. The number of benzene rings is 1. The third kappa shape index (κ3) is 3.57. The summed E-state index contributed by atoms with van der Waals surface area (Å²) in [6, 6.07) is 6.79. The maximum absolute atomic E-state index is 11.3. The van der Waals surface area contributed by atoms with Crippen molar-refractivity contribution in [2.45, 2.75) is 7.43 Å². The maximum Gasteiger partial charge on any atom is 0.338 e. The SMILES string of the molecule is C.COC(=O)c1ccccc1/C=C/C(N)=O. The zero-order chi connectivity index (χ0) is 11.3. The summed E-state index contributed by atoms with van der Waals surface area (Å²) in [4.78, 5) is 21.8. The first-order valence-corrected chi connectivity index (χ1v) is 4.30. The van der Waals surface area contributed by atoms with Crippen LogP contribution in [0.2, 0.25) is 0 Å². The summed E-state index contributed by atoms with van der Waals surface area (Å²) in [7, 11) is 1.30. The molecule has 0 saturated carbocycles. The quantitative estimate of drug-likeness (QED) is 0.622. The summed E-state index contributed by atoms with van der Waals surface area (Å²) in [5.74, 6) is -1.01. The molecule has 4 heteroatoms. The Balaban J connectivity index is 0.00000225. The Morgan fingerprint density at radius 3 is 2.50 bits per heavy atom. The molecule has 1 aromatic carbocycles. The van der Waals surface area contributed by atoms with E-state index in [4.69, 9.17) is 5.73 Å². The zero-order valence-electron chi connectivity index (χ0n) is 8.27. The van der Waals surface area contributed by atoms with Gasteiger partial charge in [-0.05, 0) is 17.7 Å². The highest BCUT2D eigenvalue weighted by Gasteiger charge is 2.08. The van der Waals surface area contributed by atoms with Crippen molar-refractivity contribution in [3.8, 4) is 0 Å². The second kappa shape index (κ2) is 6.40. The Morgan fingerprint density at radius 2 is 1.94 bits per heavy atom. The van der Waals surface area contributed by atoms with Gasteiger partial charge in [0, 0.05) is 6.08 Å². The predicted octanol–water partition coefficient (Wildman–Crippen LogP) is 1.61. The van der Waals surface area contributed by atoms with Gasteiger partial charge in [0.05, 0.1) is 12.7 Å². The van der Waals surface area contributed by atoms with Crippen LogP contribution in [0.1, 0.15) is 23.3 Å². The third-order valence-electron chi connectivity index (χ3n) is 1.79. The van der Waals surface area contributed by atoms with E-state index in [1.807, 2.05) is 0 Å². The summed E-state index contributed by atoms with van der Waals surface area (Å²) in [5, 5.41) is 0. The van der Waals surface area contributed by atoms with Crippen molar-refractivity contribution in [2.75, 3.05) is 7.11 Å². The number of amides is 1. The van der Waals surface area contributed by atoms with E-state index in [2.05, 4.69) is 4.74 Å². The lowest BCUT2D eigenvalue weighted by molar-refractivity contribution is -0.113. The Morgan fingerprint density at radius 1 is 1.31 bits per heavy atom. The summed E-state index contributed by atoms with van der Waals surface area (Å²) in [6.07, 6.45) is 2.68. The van der Waals surface area contributed by atoms with Gasteiger partial charge in [-0.3, -0.25) is 4.79 Å². The monoisotopic (exact) mass is 221 g/mol. The van der Waals surface area contributed by atoms with Crippen molar-refractivity contribution in [1.82, 2.24) is 0 Å². The molecular formula is C12H15NO3. The molecule has 86 valence electrons. The molecule has 0 aliphatic heterocycles. The molecule has 0 radical (unpaired) electrons. The summed E-state index contributed by atoms with van der Waals surface area (Å²) < 4.78 is 4.59. The van der Waals surface area contributed by atoms with Gasteiger partial charge in [0.15, 0.2) is 0 Å². The number of hydrogen-bond acceptors (Lipinski definition) is 3. The first-order chi connectivity index (χ1) is 7.15. The molecule has 1 rings (SSSR count). The summed E-state index contributed by atoms with van der Waals surface area (Å²) in [5.41, 5.74) is 5.96. The minimum atomic E-state index is -0.560. The number of nitrogens with two attached hydrogens (primary N) is 1. The second-order valence-electron chi connectivity index (χ2n) is 2.81. The lowest BCUT2D eigenvalue weighted by Gasteiger charge is -2.02. The number of primary amides is 1. The van der Waals surface area contributed by atoms with Gasteiger partial charge in [-0.25, -0.2) is 4.79 Å². The van der Waals surface area contributed by atoms with Crippen molar-refractivity contribution in [3.05, 3.63) is 41.5 Å². The molecule has 1 aromatic rings. The first-order valence-electron chi connectivity index (χ1n) is 4.30. The normalized spacial score (nSPS) is 9.56. The van der Waals surface area contributed by atoms with E-state index in [9.17, 15) is 9.59 Å². The van der Waals surface area contributed by atoms with Crippen LogP contribution >= 0.6 is 0 Å². The fourth-order valence-corrected chi connectivity index (χ4v) is 1.11. The van der Waals surface area contributed by atoms with Crippen LogP contribution in [0.3, 0.4) is 0 Å². The molecule has 0 bridgehead atoms. The van der Waals surface area contributed by atoms with Crippen molar-refractivity contribution >= 4 is 18.0 Å². The summed E-state index contributed by atoms with van der Waals surface area (Å²) in [6.45, 7) is 0. The number of methoxy groups -OCH3 is 1. The molecule has 2 N–H and O–H groups in total. The number of ether oxygens (including phenoxy) is 1. The Labute approximate surface area is 94.7 Å². The van der Waals surface area contributed by atoms with Gasteiger partial charge < -0.3 is 10.5 Å². The fourth-order valence-electron chi connectivity index (χ4n) is 1.11. The van der Waals surface area contributed by atoms with Gasteiger partial charge in [0.1, 0.15) is 0 Å². The minimum absolute atomic E-state index is 0. The molecule has 0 aliphatic rings. The van der Waals surface area contributed by atoms with Crippen LogP contribution in [-0.2, 0) is 9.53 Å². The lowest BCUT2D eigenvalue weighted by Crippen LogP contribution is -2.06. The Bertz CT molecular complexity index is 410. The van der Waals surface area contributed by atoms with Gasteiger partial charge in [-0.15, -0.1) is 0 Å². The van der Waals surface area contributed by atoms with Crippen LogP contribution in [0.15, 0.2) is 30.3 Å². The van der Waals surface area contributed by atoms with Gasteiger partial charge in [-0.1, -0.05) is 25.6 Å². The van der Waals surface area contributed by atoms with Crippen LogP contribution in [0, 0.1) is 0 Å². The standard InChI is InChI=1S/C11H11NO3.CH4/c1-15-11(14)9-5-3-2-4-8(9)6-7-10(12)13;/h2-7H,1H3,(H2,12,13);1H4/b7-6+;. The van der Waals surface area contributed by atoms with Crippen molar-refractivity contribution in [1.29, 1.82) is 0 Å². The van der Waals surface area contributed by atoms with Crippen molar-refractivity contribution < 1.29 is 14.3 Å². The maximum atomic E-state index is 11.3. The average Bonchev–Trinajstić information content (AvgIpc) is 2.25. The van der Waals surface area contributed by atoms with Gasteiger partial charge in [0.25, 0.3) is 0 Å². The predicted molar refractivity (Wildman–Crippen MR) is 62.7 cm³/mol. The summed E-state index contributed by atoms with van der Waals surface area (Å²) >= 11 is 0. The van der Waals surface area contributed by atoms with Crippen molar-refractivity contribution in [2.24, 2.45) is 5.73 Å². The van der Waals surface area contributed by atoms with Crippen LogP contribution in [0.25, 0.3) is 6.08 Å². The van der Waals surface area contributed by atoms with E-state index in [1.54, 1.807) is 24.3 Å². The number of hydrogen-bond donors (Lipinski definition) is 1. The second-order valence-corrected chi connectivity index (χ2v) is 2.81. The molecule has 0 aliphatic carbocycles. The Hall–Kier alpha value is -2.10. The third-order valence-corrected chi connectivity index (χ3v) is 1.79. The van der Waals surface area contributed by atoms with Crippen LogP contribution in [-0.4, -0.2) is 19.0 Å². The van der Waals surface area contributed by atoms with E-state index in [0.29, 0.717) is 11.1 Å². The highest BCUT2D eigenvalue weighted by Crippen LogP contribution is 2.11. The molecule has 16 heavy (non-hydrogen) atoms. The van der Waals surface area contributed by atoms with Crippen LogP contribution in [0.4, 0.5) is 0 Å². The largest absolute Gasteiger partial charge is 0.465 e. The minimum Gasteiger partial charge on any atom is -0.465 e. The molecule has 0 spiro atoms. The lowest BCUT2D eigenvalue weighted by atomic mass is 10.1. The molecule has 0 heterocycles. The molecule has 0 aromatic heterocycles. The molecule has 0 fully saturated rings. The highest BCUT2D eigenvalue weighted by molar-refractivity contribution is 5.96. The van der Waals surface area contributed by atoms with Crippen molar-refractivity contribution in [3.63, 3.8) is 0 Å². The topological polar surface area (TPSA) is 69.4 Å². The van der Waals surface area contributed by atoms with E-state index in [-0.39, 0.29) is 7.43 Å². The zero-order valence-corrected chi connectivity index (χ0v) is 8.27. The molecule has 1 amide bonds. The number of carbonyl (C=O) groups excluding carboxylic acids is 2.